The number of halogens is 2. The van der Waals surface area contributed by atoms with E-state index in [-0.39, 0.29) is 16.9 Å². The molecule has 6 nitrogen and oxygen atoms in total. The minimum atomic E-state index is -4.24. The summed E-state index contributed by atoms with van der Waals surface area (Å²) in [6.07, 6.45) is 0.199. The fourth-order valence-corrected chi connectivity index (χ4v) is 2.28. The van der Waals surface area contributed by atoms with Gasteiger partial charge < -0.3 is 0 Å². The van der Waals surface area contributed by atoms with Crippen LogP contribution in [0.1, 0.15) is 10.4 Å². The number of rotatable bonds is 3. The fraction of sp³-hybridized carbons (Fsp3) is 0. The molecule has 9 heteroatoms. The van der Waals surface area contributed by atoms with Crippen molar-refractivity contribution in [3.8, 4) is 0 Å². The lowest BCUT2D eigenvalue weighted by molar-refractivity contribution is -0.384. The third kappa shape index (κ3) is 2.49. The van der Waals surface area contributed by atoms with Crippen LogP contribution >= 0.6 is 22.3 Å². The Morgan fingerprint density at radius 2 is 1.94 bits per heavy atom. The zero-order valence-corrected chi connectivity index (χ0v) is 9.71. The highest BCUT2D eigenvalue weighted by Crippen LogP contribution is 2.31. The molecule has 0 aliphatic heterocycles. The average molecular weight is 284 g/mol. The molecule has 0 spiro atoms. The number of nitro benzene ring substituents is 1. The molecule has 0 unspecified atom stereocenters. The molecule has 0 aromatic heterocycles. The van der Waals surface area contributed by atoms with Gasteiger partial charge in [-0.15, -0.1) is 0 Å². The van der Waals surface area contributed by atoms with Gasteiger partial charge in [-0.3, -0.25) is 14.9 Å². The van der Waals surface area contributed by atoms with Crippen molar-refractivity contribution >= 4 is 43.3 Å². The Labute approximate surface area is 99.3 Å². The maximum atomic E-state index is 11.0. The molecule has 1 aromatic rings. The van der Waals surface area contributed by atoms with Crippen molar-refractivity contribution in [1.29, 1.82) is 0 Å². The second-order valence-electron chi connectivity index (χ2n) is 2.65. The monoisotopic (exact) mass is 283 g/mol. The van der Waals surface area contributed by atoms with Crippen LogP contribution in [0.15, 0.2) is 17.0 Å². The van der Waals surface area contributed by atoms with E-state index in [1.165, 1.54) is 0 Å². The molecule has 1 aromatic carbocycles. The SMILES string of the molecule is O=Cc1cc(Cl)c([N+](=O)[O-])cc1S(=O)(=O)Cl. The van der Waals surface area contributed by atoms with Crippen LogP contribution in [0.4, 0.5) is 5.69 Å². The molecule has 86 valence electrons. The number of nitrogens with zero attached hydrogens (tertiary/aromatic N) is 1. The first-order valence-corrected chi connectivity index (χ1v) is 6.34. The van der Waals surface area contributed by atoms with E-state index in [0.29, 0.717) is 6.07 Å². The van der Waals surface area contributed by atoms with Gasteiger partial charge in [-0.25, -0.2) is 8.42 Å². The van der Waals surface area contributed by atoms with Crippen molar-refractivity contribution in [2.24, 2.45) is 0 Å². The number of carbonyl (C=O) groups excluding carboxylic acids is 1. The summed E-state index contributed by atoms with van der Waals surface area (Å²) in [5, 5.41) is 10.2. The van der Waals surface area contributed by atoms with Gasteiger partial charge in [0.25, 0.3) is 14.7 Å². The second kappa shape index (κ2) is 4.36. The summed E-state index contributed by atoms with van der Waals surface area (Å²) in [5.74, 6) is 0. The summed E-state index contributed by atoms with van der Waals surface area (Å²) in [5.41, 5.74) is -0.961. The van der Waals surface area contributed by atoms with Gasteiger partial charge >= 0.3 is 0 Å². The van der Waals surface area contributed by atoms with Crippen molar-refractivity contribution in [2.75, 3.05) is 0 Å². The standard InChI is InChI=1S/C7H3Cl2NO5S/c8-5-1-4(3-11)7(16(9,14)15)2-6(5)10(12)13/h1-3H. The molecule has 0 N–H and O–H groups in total. The van der Waals surface area contributed by atoms with E-state index < -0.39 is 24.6 Å². The maximum absolute atomic E-state index is 11.0. The van der Waals surface area contributed by atoms with Crippen LogP contribution in [0, 0.1) is 10.1 Å². The smallest absolute Gasteiger partial charge is 0.289 e. The zero-order chi connectivity index (χ0) is 12.5. The summed E-state index contributed by atoms with van der Waals surface area (Å²) < 4.78 is 22.1. The summed E-state index contributed by atoms with van der Waals surface area (Å²) >= 11 is 5.49. The third-order valence-corrected chi connectivity index (χ3v) is 3.35. The largest absolute Gasteiger partial charge is 0.298 e. The van der Waals surface area contributed by atoms with Crippen LogP contribution in [-0.2, 0) is 9.05 Å². The molecule has 16 heavy (non-hydrogen) atoms. The van der Waals surface area contributed by atoms with Crippen molar-refractivity contribution < 1.29 is 18.1 Å². The van der Waals surface area contributed by atoms with Crippen LogP contribution < -0.4 is 0 Å². The Bertz CT molecular complexity index is 568. The quantitative estimate of drug-likeness (QED) is 0.366. The first-order chi connectivity index (χ1) is 7.27. The van der Waals surface area contributed by atoms with Gasteiger partial charge in [0, 0.05) is 22.3 Å². The van der Waals surface area contributed by atoms with Gasteiger partial charge in [-0.2, -0.15) is 0 Å². The summed E-state index contributed by atoms with van der Waals surface area (Å²) in [6, 6.07) is 1.52. The lowest BCUT2D eigenvalue weighted by Gasteiger charge is -2.02. The van der Waals surface area contributed by atoms with Crippen molar-refractivity contribution in [1.82, 2.24) is 0 Å². The molecule has 1 rings (SSSR count). The number of hydrogen-bond donors (Lipinski definition) is 0. The zero-order valence-electron chi connectivity index (χ0n) is 7.38. The third-order valence-electron chi connectivity index (χ3n) is 1.67. The summed E-state index contributed by atoms with van der Waals surface area (Å²) in [7, 11) is 0.779. The number of nitro groups is 1. The molecule has 0 atom stereocenters. The Hall–Kier alpha value is -1.18. The Morgan fingerprint density at radius 1 is 1.38 bits per heavy atom. The van der Waals surface area contributed by atoms with E-state index in [4.69, 9.17) is 22.3 Å². The van der Waals surface area contributed by atoms with E-state index in [0.717, 1.165) is 6.07 Å². The normalized spacial score (nSPS) is 11.1. The van der Waals surface area contributed by atoms with Gasteiger partial charge in [0.1, 0.15) is 5.02 Å². The highest BCUT2D eigenvalue weighted by atomic mass is 35.7. The Morgan fingerprint density at radius 3 is 2.31 bits per heavy atom. The first kappa shape index (κ1) is 12.9. The van der Waals surface area contributed by atoms with E-state index in [2.05, 4.69) is 0 Å². The van der Waals surface area contributed by atoms with Crippen molar-refractivity contribution in [3.05, 3.63) is 32.8 Å². The fourth-order valence-electron chi connectivity index (χ4n) is 1.00. The van der Waals surface area contributed by atoms with E-state index in [9.17, 15) is 23.3 Å². The lowest BCUT2D eigenvalue weighted by atomic mass is 10.2. The molecule has 0 radical (unpaired) electrons. The topological polar surface area (TPSA) is 94.3 Å². The predicted molar refractivity (Wildman–Crippen MR) is 56.5 cm³/mol. The lowest BCUT2D eigenvalue weighted by Crippen LogP contribution is -2.00. The Balaban J connectivity index is 3.66. The molecule has 0 fully saturated rings. The van der Waals surface area contributed by atoms with Crippen LogP contribution in [0.3, 0.4) is 0 Å². The van der Waals surface area contributed by atoms with E-state index in [1.54, 1.807) is 0 Å². The first-order valence-electron chi connectivity index (χ1n) is 3.65. The molecule has 0 aliphatic carbocycles. The van der Waals surface area contributed by atoms with Crippen LogP contribution in [0.25, 0.3) is 0 Å². The summed E-state index contributed by atoms with van der Waals surface area (Å²) in [6.45, 7) is 0. The van der Waals surface area contributed by atoms with E-state index in [1.807, 2.05) is 0 Å². The molecular formula is C7H3Cl2NO5S. The molecule has 0 amide bonds. The number of benzene rings is 1. The molecule has 0 aliphatic rings. The highest BCUT2D eigenvalue weighted by Gasteiger charge is 2.23. The predicted octanol–water partition coefficient (Wildman–Crippen LogP) is 1.99. The molecule has 0 bridgehead atoms. The van der Waals surface area contributed by atoms with Crippen LogP contribution in [0.5, 0.6) is 0 Å². The minimum absolute atomic E-state index is 0.199. The van der Waals surface area contributed by atoms with Crippen LogP contribution in [-0.4, -0.2) is 19.6 Å². The van der Waals surface area contributed by atoms with E-state index >= 15 is 0 Å². The van der Waals surface area contributed by atoms with Gasteiger partial charge in [0.2, 0.25) is 0 Å². The summed E-state index contributed by atoms with van der Waals surface area (Å²) in [4.78, 5) is 19.5. The molecule has 0 heterocycles. The number of aldehydes is 1. The Kier molecular flexibility index (Phi) is 3.51. The molecule has 0 saturated carbocycles. The van der Waals surface area contributed by atoms with Gasteiger partial charge in [0.05, 0.1) is 9.82 Å². The van der Waals surface area contributed by atoms with Crippen LogP contribution in [0.2, 0.25) is 5.02 Å². The second-order valence-corrected chi connectivity index (χ2v) is 5.60. The minimum Gasteiger partial charge on any atom is -0.298 e. The van der Waals surface area contributed by atoms with Crippen molar-refractivity contribution in [3.63, 3.8) is 0 Å². The average Bonchev–Trinajstić information content (AvgIpc) is 2.14. The van der Waals surface area contributed by atoms with Gasteiger partial charge in [-0.1, -0.05) is 11.6 Å². The number of carbonyl (C=O) groups is 1. The van der Waals surface area contributed by atoms with Gasteiger partial charge in [-0.05, 0) is 6.07 Å². The molecular weight excluding hydrogens is 281 g/mol. The molecule has 0 saturated heterocycles. The maximum Gasteiger partial charge on any atom is 0.289 e. The van der Waals surface area contributed by atoms with Crippen molar-refractivity contribution in [2.45, 2.75) is 4.90 Å². The number of hydrogen-bond acceptors (Lipinski definition) is 5. The van der Waals surface area contributed by atoms with Gasteiger partial charge in [0.15, 0.2) is 6.29 Å². The highest BCUT2D eigenvalue weighted by molar-refractivity contribution is 8.13.